The first-order chi connectivity index (χ1) is 17.3. The summed E-state index contributed by atoms with van der Waals surface area (Å²) in [4.78, 5) is 30.7. The molecule has 4 rings (SSSR count). The molecule has 1 aliphatic rings. The minimum Gasteiger partial charge on any atom is -0.493 e. The van der Waals surface area contributed by atoms with Crippen LogP contribution in [0.25, 0.3) is 0 Å². The van der Waals surface area contributed by atoms with Gasteiger partial charge in [0.25, 0.3) is 5.56 Å². The second-order valence-electron chi connectivity index (χ2n) is 9.10. The lowest BCUT2D eigenvalue weighted by Gasteiger charge is -2.21. The Hall–Kier alpha value is -3.36. The van der Waals surface area contributed by atoms with Gasteiger partial charge in [-0.2, -0.15) is 4.98 Å². The number of rotatable bonds is 9. The lowest BCUT2D eigenvalue weighted by molar-refractivity contribution is -0.125. The number of ether oxygens (including phenoxy) is 2. The third kappa shape index (κ3) is 6.44. The molecule has 190 valence electrons. The number of anilines is 2. The summed E-state index contributed by atoms with van der Waals surface area (Å²) in [5, 5.41) is 14.4. The summed E-state index contributed by atoms with van der Waals surface area (Å²) in [6.45, 7) is 5.11. The topological polar surface area (TPSA) is 103 Å². The van der Waals surface area contributed by atoms with E-state index in [9.17, 15) is 14.7 Å². The minimum atomic E-state index is -0.472. The average molecular weight is 512 g/mol. The van der Waals surface area contributed by atoms with Crippen LogP contribution >= 0.6 is 11.6 Å². The molecule has 2 N–H and O–H groups in total. The van der Waals surface area contributed by atoms with Gasteiger partial charge >= 0.3 is 0 Å². The van der Waals surface area contributed by atoms with Gasteiger partial charge in [-0.15, -0.1) is 0 Å². The summed E-state index contributed by atoms with van der Waals surface area (Å²) in [7, 11) is 0. The maximum atomic E-state index is 13.6. The van der Waals surface area contributed by atoms with Gasteiger partial charge in [0.05, 0.1) is 18.2 Å². The van der Waals surface area contributed by atoms with E-state index in [-0.39, 0.29) is 42.3 Å². The van der Waals surface area contributed by atoms with Crippen LogP contribution in [0, 0.1) is 5.92 Å². The van der Waals surface area contributed by atoms with Crippen LogP contribution < -0.4 is 15.6 Å². The Bertz CT molecular complexity index is 1250. The van der Waals surface area contributed by atoms with Gasteiger partial charge < -0.3 is 19.9 Å². The van der Waals surface area contributed by atoms with Crippen molar-refractivity contribution in [3.8, 4) is 11.6 Å². The fourth-order valence-electron chi connectivity index (χ4n) is 4.11. The molecule has 0 aliphatic carbocycles. The first kappa shape index (κ1) is 25.7. The summed E-state index contributed by atoms with van der Waals surface area (Å²) >= 11 is 6.02. The lowest BCUT2D eigenvalue weighted by atomic mass is 9.92. The van der Waals surface area contributed by atoms with E-state index in [4.69, 9.17) is 21.1 Å². The number of carbonyl (C=O) groups is 1. The van der Waals surface area contributed by atoms with Gasteiger partial charge in [-0.05, 0) is 68.7 Å². The zero-order valence-electron chi connectivity index (χ0n) is 20.4. The molecular weight excluding hydrogens is 482 g/mol. The Balaban J connectivity index is 1.66. The average Bonchev–Trinajstić information content (AvgIpc) is 2.86. The van der Waals surface area contributed by atoms with Gasteiger partial charge in [-0.1, -0.05) is 23.7 Å². The molecule has 0 spiro atoms. The Morgan fingerprint density at radius 1 is 1.17 bits per heavy atom. The fourth-order valence-corrected chi connectivity index (χ4v) is 4.23. The van der Waals surface area contributed by atoms with Crippen LogP contribution in [0.3, 0.4) is 0 Å². The number of benzene rings is 2. The van der Waals surface area contributed by atoms with Crippen molar-refractivity contribution < 1.29 is 19.4 Å². The molecule has 36 heavy (non-hydrogen) atoms. The zero-order valence-corrected chi connectivity index (χ0v) is 21.1. The van der Waals surface area contributed by atoms with Crippen molar-refractivity contribution in [1.82, 2.24) is 9.55 Å². The van der Waals surface area contributed by atoms with E-state index in [1.165, 1.54) is 4.57 Å². The minimum absolute atomic E-state index is 0.00770. The molecule has 0 amide bonds. The molecule has 1 fully saturated rings. The predicted octanol–water partition coefficient (Wildman–Crippen LogP) is 4.72. The quantitative estimate of drug-likeness (QED) is 0.428. The highest BCUT2D eigenvalue weighted by Gasteiger charge is 2.25. The first-order valence-corrected chi connectivity index (χ1v) is 12.4. The van der Waals surface area contributed by atoms with E-state index in [2.05, 4.69) is 10.3 Å². The molecular formula is C27H30ClN3O5. The number of carbonyl (C=O) groups excluding carboxylic acids is 1. The van der Waals surface area contributed by atoms with Crippen molar-refractivity contribution in [2.24, 2.45) is 5.92 Å². The number of halogens is 1. The van der Waals surface area contributed by atoms with Gasteiger partial charge in [0, 0.05) is 36.3 Å². The highest BCUT2D eigenvalue weighted by molar-refractivity contribution is 6.30. The summed E-state index contributed by atoms with van der Waals surface area (Å²) in [6, 6.07) is 14.3. The standard InChI is InChI=1S/C27H30ClN3O5/c1-17(2)36-22-9-7-21(8-10-22)29-27-30-25(33)23(15-24(32)19-11-13-35-14-12-19)26(34)31(27)16-18-3-5-20(28)6-4-18/h3-10,17,19,33H,11-16H2,1-2H3,(H,29,30). The molecule has 0 saturated carbocycles. The number of aromatic nitrogens is 2. The van der Waals surface area contributed by atoms with Crippen LogP contribution in [0.4, 0.5) is 11.6 Å². The maximum absolute atomic E-state index is 13.6. The SMILES string of the molecule is CC(C)Oc1ccc(Nc2nc(O)c(CC(=O)C3CCOCC3)c(=O)n2Cc2ccc(Cl)cc2)cc1. The number of hydrogen-bond donors (Lipinski definition) is 2. The van der Waals surface area contributed by atoms with Crippen molar-refractivity contribution in [1.29, 1.82) is 0 Å². The van der Waals surface area contributed by atoms with Crippen molar-refractivity contribution in [2.45, 2.75) is 45.8 Å². The van der Waals surface area contributed by atoms with Crippen LogP contribution in [-0.4, -0.2) is 39.8 Å². The fraction of sp³-hybridized carbons (Fsp3) is 0.370. The Labute approximate surface area is 214 Å². The lowest BCUT2D eigenvalue weighted by Crippen LogP contribution is -2.31. The normalized spacial score (nSPS) is 14.1. The van der Waals surface area contributed by atoms with Crippen LogP contribution in [-0.2, 0) is 22.5 Å². The van der Waals surface area contributed by atoms with Gasteiger partial charge in [0.15, 0.2) is 0 Å². The van der Waals surface area contributed by atoms with Gasteiger partial charge in [0.2, 0.25) is 11.8 Å². The summed E-state index contributed by atoms with van der Waals surface area (Å²) in [5.74, 6) is 0.146. The highest BCUT2D eigenvalue weighted by atomic mass is 35.5. The molecule has 0 atom stereocenters. The first-order valence-electron chi connectivity index (χ1n) is 12.0. The maximum Gasteiger partial charge on any atom is 0.262 e. The summed E-state index contributed by atoms with van der Waals surface area (Å²) in [6.07, 6.45) is 1.10. The van der Waals surface area contributed by atoms with Gasteiger partial charge in [0.1, 0.15) is 11.5 Å². The second kappa shape index (κ2) is 11.6. The van der Waals surface area contributed by atoms with E-state index in [0.717, 1.165) is 5.56 Å². The smallest absolute Gasteiger partial charge is 0.262 e. The number of Topliss-reactive ketones (excluding diaryl/α,β-unsaturated/α-hetero) is 1. The number of ketones is 1. The van der Waals surface area contributed by atoms with Crippen LogP contribution in [0.1, 0.15) is 37.8 Å². The zero-order chi connectivity index (χ0) is 25.7. The van der Waals surface area contributed by atoms with Crippen molar-refractivity contribution in [3.63, 3.8) is 0 Å². The molecule has 0 bridgehead atoms. The van der Waals surface area contributed by atoms with Crippen molar-refractivity contribution in [2.75, 3.05) is 18.5 Å². The van der Waals surface area contributed by atoms with Crippen molar-refractivity contribution >= 4 is 29.0 Å². The van der Waals surface area contributed by atoms with Crippen LogP contribution in [0.15, 0.2) is 53.3 Å². The molecule has 1 aliphatic heterocycles. The third-order valence-electron chi connectivity index (χ3n) is 6.00. The van der Waals surface area contributed by atoms with E-state index < -0.39 is 11.4 Å². The second-order valence-corrected chi connectivity index (χ2v) is 9.54. The van der Waals surface area contributed by atoms with E-state index in [0.29, 0.717) is 42.5 Å². The van der Waals surface area contributed by atoms with E-state index in [1.54, 1.807) is 24.3 Å². The Kier molecular flexibility index (Phi) is 8.28. The third-order valence-corrected chi connectivity index (χ3v) is 6.26. The monoisotopic (exact) mass is 511 g/mol. The van der Waals surface area contributed by atoms with Gasteiger partial charge in [-0.25, -0.2) is 0 Å². The molecule has 1 saturated heterocycles. The number of nitrogens with one attached hydrogen (secondary N) is 1. The number of nitrogens with zero attached hydrogens (tertiary/aromatic N) is 2. The Morgan fingerprint density at radius 2 is 1.83 bits per heavy atom. The highest BCUT2D eigenvalue weighted by Crippen LogP contribution is 2.24. The molecule has 8 nitrogen and oxygen atoms in total. The largest absolute Gasteiger partial charge is 0.493 e. The number of hydrogen-bond acceptors (Lipinski definition) is 7. The van der Waals surface area contributed by atoms with Crippen LogP contribution in [0.2, 0.25) is 5.02 Å². The number of aromatic hydroxyl groups is 1. The molecule has 9 heteroatoms. The van der Waals surface area contributed by atoms with E-state index >= 15 is 0 Å². The molecule has 0 radical (unpaired) electrons. The molecule has 3 aromatic rings. The summed E-state index contributed by atoms with van der Waals surface area (Å²) in [5.41, 5.74) is 1.000. The molecule has 1 aromatic heterocycles. The summed E-state index contributed by atoms with van der Waals surface area (Å²) < 4.78 is 12.4. The Morgan fingerprint density at radius 3 is 2.47 bits per heavy atom. The van der Waals surface area contributed by atoms with Crippen molar-refractivity contribution in [3.05, 3.63) is 75.0 Å². The predicted molar refractivity (Wildman–Crippen MR) is 138 cm³/mol. The molecule has 2 aromatic carbocycles. The molecule has 2 heterocycles. The molecule has 0 unspecified atom stereocenters. The van der Waals surface area contributed by atoms with Crippen LogP contribution in [0.5, 0.6) is 11.6 Å². The van der Waals surface area contributed by atoms with E-state index in [1.807, 2.05) is 38.1 Å². The van der Waals surface area contributed by atoms with Gasteiger partial charge in [-0.3, -0.25) is 14.2 Å².